The summed E-state index contributed by atoms with van der Waals surface area (Å²) in [6.45, 7) is 1.44. The van der Waals surface area contributed by atoms with Gasteiger partial charge in [0.25, 0.3) is 5.17 Å². The van der Waals surface area contributed by atoms with Crippen LogP contribution in [0.3, 0.4) is 0 Å². The number of hydrogen-bond acceptors (Lipinski definition) is 3. The summed E-state index contributed by atoms with van der Waals surface area (Å²) in [5, 5.41) is 3.51. The van der Waals surface area contributed by atoms with Crippen molar-refractivity contribution >= 4 is 17.4 Å². The average molecular weight is 222 g/mol. The molecule has 1 unspecified atom stereocenters. The van der Waals surface area contributed by atoms with Crippen LogP contribution in [-0.2, 0) is 17.7 Å². The van der Waals surface area contributed by atoms with Crippen molar-refractivity contribution < 1.29 is 4.74 Å². The molecule has 3 nitrogen and oxygen atoms in total. The van der Waals surface area contributed by atoms with Crippen molar-refractivity contribution in [3.05, 3.63) is 35.4 Å². The molecule has 1 heterocycles. The molecule has 3 N–H and O–H groups in total. The van der Waals surface area contributed by atoms with Gasteiger partial charge in [-0.1, -0.05) is 24.3 Å². The van der Waals surface area contributed by atoms with Crippen LogP contribution in [0.2, 0.25) is 0 Å². The van der Waals surface area contributed by atoms with Gasteiger partial charge in [-0.2, -0.15) is 0 Å². The first-order chi connectivity index (χ1) is 7.25. The van der Waals surface area contributed by atoms with Gasteiger partial charge in [-0.05, 0) is 29.8 Å². The van der Waals surface area contributed by atoms with E-state index in [-0.39, 0.29) is 5.17 Å². The molecule has 15 heavy (non-hydrogen) atoms. The zero-order valence-electron chi connectivity index (χ0n) is 8.40. The third-order valence-electron chi connectivity index (χ3n) is 2.59. The van der Waals surface area contributed by atoms with Crippen LogP contribution < -0.4 is 11.1 Å². The first-order valence-electron chi connectivity index (χ1n) is 4.98. The first kappa shape index (κ1) is 10.4. The Kier molecular flexibility index (Phi) is 3.18. The highest BCUT2D eigenvalue weighted by Crippen LogP contribution is 2.16. The molecule has 1 aromatic rings. The van der Waals surface area contributed by atoms with E-state index in [0.717, 1.165) is 13.0 Å². The van der Waals surface area contributed by atoms with Crippen molar-refractivity contribution in [1.82, 2.24) is 5.32 Å². The molecule has 0 radical (unpaired) electrons. The second kappa shape index (κ2) is 4.59. The van der Waals surface area contributed by atoms with E-state index in [2.05, 4.69) is 41.8 Å². The van der Waals surface area contributed by atoms with E-state index in [0.29, 0.717) is 12.6 Å². The average Bonchev–Trinajstić information content (AvgIpc) is 2.26. The van der Waals surface area contributed by atoms with E-state index < -0.39 is 0 Å². The number of benzene rings is 1. The fourth-order valence-corrected chi connectivity index (χ4v) is 1.89. The lowest BCUT2D eigenvalue weighted by Gasteiger charge is -2.25. The maximum atomic E-state index is 5.29. The van der Waals surface area contributed by atoms with E-state index in [1.807, 2.05) is 0 Å². The molecule has 1 atom stereocenters. The summed E-state index contributed by atoms with van der Waals surface area (Å²) in [7, 11) is 0. The quantitative estimate of drug-likeness (QED) is 0.732. The van der Waals surface area contributed by atoms with Crippen LogP contribution in [-0.4, -0.2) is 17.8 Å². The zero-order valence-corrected chi connectivity index (χ0v) is 9.22. The molecule has 1 aliphatic heterocycles. The predicted molar refractivity (Wildman–Crippen MR) is 63.5 cm³/mol. The Balaban J connectivity index is 1.96. The highest BCUT2D eigenvalue weighted by Gasteiger charge is 2.17. The van der Waals surface area contributed by atoms with E-state index in [4.69, 9.17) is 10.5 Å². The van der Waals surface area contributed by atoms with Gasteiger partial charge in [0.05, 0.1) is 0 Å². The van der Waals surface area contributed by atoms with Crippen LogP contribution in [0.15, 0.2) is 24.3 Å². The maximum absolute atomic E-state index is 5.29. The predicted octanol–water partition coefficient (Wildman–Crippen LogP) is 0.961. The van der Waals surface area contributed by atoms with Crippen LogP contribution in [0.1, 0.15) is 11.1 Å². The summed E-state index contributed by atoms with van der Waals surface area (Å²) in [6, 6.07) is 8.74. The second-order valence-corrected chi connectivity index (χ2v) is 4.08. The number of nitrogens with two attached hydrogens (primary N) is 1. The molecule has 0 bridgehead atoms. The number of ether oxygens (including phenoxy) is 1. The molecule has 0 fully saturated rings. The van der Waals surface area contributed by atoms with Crippen molar-refractivity contribution in [3.8, 4) is 0 Å². The standard InChI is InChI=1S/C11H14N2OS/c12-11(15)14-7-10-5-8-3-1-2-4-9(8)6-13-10/h1-4,10,13H,5-7H2,(H2,12,15). The molecule has 0 amide bonds. The summed E-state index contributed by atoms with van der Waals surface area (Å²) in [6.07, 6.45) is 0.971. The normalized spacial score (nSPS) is 19.3. The number of hydrogen-bond donors (Lipinski definition) is 2. The summed E-state index contributed by atoms with van der Waals surface area (Å²) < 4.78 is 5.14. The molecule has 1 aromatic carbocycles. The van der Waals surface area contributed by atoms with E-state index in [1.165, 1.54) is 11.1 Å². The number of fused-ring (bicyclic) bond motifs is 1. The Hall–Kier alpha value is -1.13. The van der Waals surface area contributed by atoms with Gasteiger partial charge in [0.2, 0.25) is 0 Å². The molecule has 0 saturated carbocycles. The van der Waals surface area contributed by atoms with Gasteiger partial charge in [-0.25, -0.2) is 0 Å². The SMILES string of the molecule is NC(=S)OCC1Cc2ccccc2CN1. The van der Waals surface area contributed by atoms with Crippen LogP contribution in [0, 0.1) is 0 Å². The van der Waals surface area contributed by atoms with Gasteiger partial charge in [0, 0.05) is 12.6 Å². The zero-order chi connectivity index (χ0) is 10.7. The lowest BCUT2D eigenvalue weighted by Crippen LogP contribution is -2.40. The van der Waals surface area contributed by atoms with Gasteiger partial charge in [0.15, 0.2) is 0 Å². The van der Waals surface area contributed by atoms with E-state index in [9.17, 15) is 0 Å². The van der Waals surface area contributed by atoms with Gasteiger partial charge in [0.1, 0.15) is 6.61 Å². The Bertz CT molecular complexity index is 367. The van der Waals surface area contributed by atoms with Crippen LogP contribution in [0.5, 0.6) is 0 Å². The van der Waals surface area contributed by atoms with Crippen molar-refractivity contribution in [2.24, 2.45) is 5.73 Å². The third kappa shape index (κ3) is 2.67. The Morgan fingerprint density at radius 3 is 2.93 bits per heavy atom. The van der Waals surface area contributed by atoms with Crippen LogP contribution >= 0.6 is 12.2 Å². The molecule has 0 aliphatic carbocycles. The minimum absolute atomic E-state index is 0.121. The van der Waals surface area contributed by atoms with Crippen molar-refractivity contribution in [2.75, 3.05) is 6.61 Å². The fraction of sp³-hybridized carbons (Fsp3) is 0.364. The monoisotopic (exact) mass is 222 g/mol. The smallest absolute Gasteiger partial charge is 0.254 e. The highest BCUT2D eigenvalue weighted by atomic mass is 32.1. The Labute approximate surface area is 94.6 Å². The van der Waals surface area contributed by atoms with Crippen molar-refractivity contribution in [3.63, 3.8) is 0 Å². The molecular weight excluding hydrogens is 208 g/mol. The fourth-order valence-electron chi connectivity index (χ4n) is 1.82. The Morgan fingerprint density at radius 2 is 2.20 bits per heavy atom. The molecule has 80 valence electrons. The lowest BCUT2D eigenvalue weighted by atomic mass is 9.96. The van der Waals surface area contributed by atoms with Gasteiger partial charge >= 0.3 is 0 Å². The Morgan fingerprint density at radius 1 is 1.47 bits per heavy atom. The van der Waals surface area contributed by atoms with Gasteiger partial charge in [-0.3, -0.25) is 0 Å². The molecule has 1 aliphatic rings. The molecule has 2 rings (SSSR count). The summed E-state index contributed by atoms with van der Waals surface area (Å²) in [5.41, 5.74) is 8.03. The molecule has 4 heteroatoms. The lowest BCUT2D eigenvalue weighted by molar-refractivity contribution is 0.248. The second-order valence-electron chi connectivity index (χ2n) is 3.68. The molecule has 0 spiro atoms. The minimum Gasteiger partial charge on any atom is -0.470 e. The summed E-state index contributed by atoms with van der Waals surface area (Å²) >= 11 is 4.67. The largest absolute Gasteiger partial charge is 0.470 e. The summed E-state index contributed by atoms with van der Waals surface area (Å²) in [5.74, 6) is 0. The van der Waals surface area contributed by atoms with Crippen LogP contribution in [0.25, 0.3) is 0 Å². The molecule has 0 aromatic heterocycles. The van der Waals surface area contributed by atoms with E-state index in [1.54, 1.807) is 0 Å². The third-order valence-corrected chi connectivity index (χ3v) is 2.71. The van der Waals surface area contributed by atoms with Crippen molar-refractivity contribution in [2.45, 2.75) is 19.0 Å². The minimum atomic E-state index is 0.121. The number of nitrogens with one attached hydrogen (secondary N) is 1. The van der Waals surface area contributed by atoms with Crippen LogP contribution in [0.4, 0.5) is 0 Å². The van der Waals surface area contributed by atoms with Gasteiger partial charge < -0.3 is 15.8 Å². The van der Waals surface area contributed by atoms with E-state index >= 15 is 0 Å². The maximum Gasteiger partial charge on any atom is 0.254 e. The molecule has 0 saturated heterocycles. The number of rotatable bonds is 2. The topological polar surface area (TPSA) is 47.3 Å². The molecular formula is C11H14N2OS. The first-order valence-corrected chi connectivity index (χ1v) is 5.39. The van der Waals surface area contributed by atoms with Gasteiger partial charge in [-0.15, -0.1) is 0 Å². The van der Waals surface area contributed by atoms with Crippen molar-refractivity contribution in [1.29, 1.82) is 0 Å². The number of thiocarbonyl (C=S) groups is 1. The summed E-state index contributed by atoms with van der Waals surface area (Å²) in [4.78, 5) is 0. The highest BCUT2D eigenvalue weighted by molar-refractivity contribution is 7.80.